The third kappa shape index (κ3) is 3.77. The Kier molecular flexibility index (Phi) is 5.24. The Morgan fingerprint density at radius 3 is 2.95 bits per heavy atom. The van der Waals surface area contributed by atoms with Crippen LogP contribution in [0, 0.1) is 0 Å². The Labute approximate surface area is 127 Å². The lowest BCUT2D eigenvalue weighted by Gasteiger charge is -2.12. The average molecular weight is 307 g/mol. The molecule has 0 aliphatic heterocycles. The SMILES string of the molecule is COCC(C)NC(=O)c1snnc1-c1cccc(OC)c1. The van der Waals surface area contributed by atoms with Crippen molar-refractivity contribution in [2.45, 2.75) is 13.0 Å². The van der Waals surface area contributed by atoms with Gasteiger partial charge >= 0.3 is 0 Å². The number of nitrogens with one attached hydrogen (secondary N) is 1. The van der Waals surface area contributed by atoms with E-state index in [0.717, 1.165) is 17.1 Å². The number of nitrogens with zero attached hydrogens (tertiary/aromatic N) is 2. The molecule has 0 bridgehead atoms. The fourth-order valence-electron chi connectivity index (χ4n) is 1.88. The van der Waals surface area contributed by atoms with Crippen LogP contribution in [0.4, 0.5) is 0 Å². The summed E-state index contributed by atoms with van der Waals surface area (Å²) in [5.74, 6) is 0.506. The third-order valence-corrected chi connectivity index (χ3v) is 3.56. The van der Waals surface area contributed by atoms with Crippen LogP contribution >= 0.6 is 11.5 Å². The highest BCUT2D eigenvalue weighted by atomic mass is 32.1. The van der Waals surface area contributed by atoms with Crippen molar-refractivity contribution in [2.24, 2.45) is 0 Å². The van der Waals surface area contributed by atoms with Crippen molar-refractivity contribution in [3.63, 3.8) is 0 Å². The van der Waals surface area contributed by atoms with Crippen molar-refractivity contribution in [1.82, 2.24) is 14.9 Å². The first-order valence-electron chi connectivity index (χ1n) is 6.42. The molecule has 1 atom stereocenters. The number of ether oxygens (including phenoxy) is 2. The second-order valence-electron chi connectivity index (χ2n) is 4.51. The molecule has 1 heterocycles. The van der Waals surface area contributed by atoms with Crippen molar-refractivity contribution in [1.29, 1.82) is 0 Å². The summed E-state index contributed by atoms with van der Waals surface area (Å²) in [6.45, 7) is 2.33. The highest BCUT2D eigenvalue weighted by Gasteiger charge is 2.19. The molecule has 1 aromatic heterocycles. The molecule has 0 spiro atoms. The molecule has 0 aliphatic rings. The minimum absolute atomic E-state index is 0.0808. The maximum absolute atomic E-state index is 12.3. The first-order valence-corrected chi connectivity index (χ1v) is 7.19. The van der Waals surface area contributed by atoms with Gasteiger partial charge in [0.05, 0.1) is 13.7 Å². The van der Waals surface area contributed by atoms with E-state index < -0.39 is 0 Å². The minimum Gasteiger partial charge on any atom is -0.497 e. The summed E-state index contributed by atoms with van der Waals surface area (Å²) in [5.41, 5.74) is 1.36. The number of benzene rings is 1. The molecule has 0 aliphatic carbocycles. The Bertz CT molecular complexity index is 615. The van der Waals surface area contributed by atoms with Crippen LogP contribution in [0.1, 0.15) is 16.6 Å². The smallest absolute Gasteiger partial charge is 0.265 e. The Morgan fingerprint density at radius 2 is 2.24 bits per heavy atom. The molecule has 1 aromatic carbocycles. The van der Waals surface area contributed by atoms with Crippen LogP contribution in [0.15, 0.2) is 24.3 Å². The lowest BCUT2D eigenvalue weighted by molar-refractivity contribution is 0.0910. The molecule has 0 saturated heterocycles. The summed E-state index contributed by atoms with van der Waals surface area (Å²) in [6.07, 6.45) is 0. The number of methoxy groups -OCH3 is 2. The fourth-order valence-corrected chi connectivity index (χ4v) is 2.47. The van der Waals surface area contributed by atoms with Gasteiger partial charge in [-0.25, -0.2) is 0 Å². The Balaban J connectivity index is 2.23. The fraction of sp³-hybridized carbons (Fsp3) is 0.357. The molecule has 0 radical (unpaired) electrons. The molecule has 0 fully saturated rings. The third-order valence-electron chi connectivity index (χ3n) is 2.83. The maximum Gasteiger partial charge on any atom is 0.265 e. The van der Waals surface area contributed by atoms with E-state index >= 15 is 0 Å². The standard InChI is InChI=1S/C14H17N3O3S/c1-9(8-19-2)15-14(18)13-12(16-17-21-13)10-5-4-6-11(7-10)20-3/h4-7,9H,8H2,1-3H3,(H,15,18). The van der Waals surface area contributed by atoms with Gasteiger partial charge in [-0.3, -0.25) is 4.79 Å². The summed E-state index contributed by atoms with van der Waals surface area (Å²) in [6, 6.07) is 7.30. The van der Waals surface area contributed by atoms with E-state index in [9.17, 15) is 4.79 Å². The van der Waals surface area contributed by atoms with E-state index in [1.807, 2.05) is 31.2 Å². The van der Waals surface area contributed by atoms with Gasteiger partial charge < -0.3 is 14.8 Å². The summed E-state index contributed by atoms with van der Waals surface area (Å²) < 4.78 is 14.1. The van der Waals surface area contributed by atoms with Crippen LogP contribution < -0.4 is 10.1 Å². The van der Waals surface area contributed by atoms with E-state index in [-0.39, 0.29) is 11.9 Å². The van der Waals surface area contributed by atoms with Crippen LogP contribution in [0.5, 0.6) is 5.75 Å². The number of aromatic nitrogens is 2. The van der Waals surface area contributed by atoms with Crippen molar-refractivity contribution in [2.75, 3.05) is 20.8 Å². The van der Waals surface area contributed by atoms with E-state index in [1.54, 1.807) is 14.2 Å². The van der Waals surface area contributed by atoms with Crippen LogP contribution in [0.25, 0.3) is 11.3 Å². The van der Waals surface area contributed by atoms with Crippen LogP contribution in [-0.4, -0.2) is 42.4 Å². The summed E-state index contributed by atoms with van der Waals surface area (Å²) in [7, 11) is 3.19. The number of hydrogen-bond donors (Lipinski definition) is 1. The predicted molar refractivity (Wildman–Crippen MR) is 80.7 cm³/mol. The second-order valence-corrected chi connectivity index (χ2v) is 5.27. The lowest BCUT2D eigenvalue weighted by atomic mass is 10.1. The van der Waals surface area contributed by atoms with E-state index in [0.29, 0.717) is 22.9 Å². The number of amides is 1. The monoisotopic (exact) mass is 307 g/mol. The Morgan fingerprint density at radius 1 is 1.43 bits per heavy atom. The number of hydrogen-bond acceptors (Lipinski definition) is 6. The average Bonchev–Trinajstić information content (AvgIpc) is 2.97. The maximum atomic E-state index is 12.3. The first-order chi connectivity index (χ1) is 10.2. The van der Waals surface area contributed by atoms with Gasteiger partial charge in [-0.15, -0.1) is 5.10 Å². The molecule has 2 rings (SSSR count). The van der Waals surface area contributed by atoms with Gasteiger partial charge in [0.25, 0.3) is 5.91 Å². The summed E-state index contributed by atoms with van der Waals surface area (Å²) >= 11 is 1.07. The molecule has 7 heteroatoms. The number of carbonyl (C=O) groups is 1. The largest absolute Gasteiger partial charge is 0.497 e. The number of rotatable bonds is 6. The molecular weight excluding hydrogens is 290 g/mol. The molecule has 1 N–H and O–H groups in total. The van der Waals surface area contributed by atoms with Gasteiger partial charge in [-0.1, -0.05) is 16.6 Å². The molecule has 21 heavy (non-hydrogen) atoms. The van der Waals surface area contributed by atoms with Gasteiger partial charge in [0, 0.05) is 18.7 Å². The quantitative estimate of drug-likeness (QED) is 0.883. The van der Waals surface area contributed by atoms with Crippen molar-refractivity contribution < 1.29 is 14.3 Å². The van der Waals surface area contributed by atoms with Crippen LogP contribution in [-0.2, 0) is 4.74 Å². The second kappa shape index (κ2) is 7.14. The number of carbonyl (C=O) groups excluding carboxylic acids is 1. The van der Waals surface area contributed by atoms with Gasteiger partial charge in [0.15, 0.2) is 0 Å². The zero-order valence-electron chi connectivity index (χ0n) is 12.1. The highest BCUT2D eigenvalue weighted by Crippen LogP contribution is 2.26. The normalized spacial score (nSPS) is 12.0. The molecule has 1 amide bonds. The molecule has 1 unspecified atom stereocenters. The van der Waals surface area contributed by atoms with Gasteiger partial charge in [-0.2, -0.15) is 0 Å². The van der Waals surface area contributed by atoms with Crippen molar-refractivity contribution >= 4 is 17.4 Å². The topological polar surface area (TPSA) is 73.3 Å². The molecule has 112 valence electrons. The van der Waals surface area contributed by atoms with Gasteiger partial charge in [0.2, 0.25) is 0 Å². The van der Waals surface area contributed by atoms with E-state index in [4.69, 9.17) is 9.47 Å². The summed E-state index contributed by atoms with van der Waals surface area (Å²) in [5, 5.41) is 6.91. The molecular formula is C14H17N3O3S. The zero-order valence-corrected chi connectivity index (χ0v) is 12.9. The van der Waals surface area contributed by atoms with Gasteiger partial charge in [-0.05, 0) is 30.6 Å². The van der Waals surface area contributed by atoms with Crippen LogP contribution in [0.3, 0.4) is 0 Å². The van der Waals surface area contributed by atoms with E-state index in [2.05, 4.69) is 14.9 Å². The zero-order chi connectivity index (χ0) is 15.2. The molecule has 2 aromatic rings. The minimum atomic E-state index is -0.202. The predicted octanol–water partition coefficient (Wildman–Crippen LogP) is 1.98. The Hall–Kier alpha value is -1.99. The van der Waals surface area contributed by atoms with Gasteiger partial charge in [0.1, 0.15) is 16.3 Å². The molecule has 0 saturated carbocycles. The van der Waals surface area contributed by atoms with Crippen molar-refractivity contribution in [3.05, 3.63) is 29.1 Å². The van der Waals surface area contributed by atoms with E-state index in [1.165, 1.54) is 0 Å². The first kappa shape index (κ1) is 15.4. The van der Waals surface area contributed by atoms with Crippen molar-refractivity contribution in [3.8, 4) is 17.0 Å². The van der Waals surface area contributed by atoms with Crippen LogP contribution in [0.2, 0.25) is 0 Å². The highest BCUT2D eigenvalue weighted by molar-refractivity contribution is 7.08. The molecule has 6 nitrogen and oxygen atoms in total. The summed E-state index contributed by atoms with van der Waals surface area (Å²) in [4.78, 5) is 12.8. The lowest BCUT2D eigenvalue weighted by Crippen LogP contribution is -2.35.